The Bertz CT molecular complexity index is 354. The quantitative estimate of drug-likeness (QED) is 0.737. The summed E-state index contributed by atoms with van der Waals surface area (Å²) in [5, 5.41) is 0. The summed E-state index contributed by atoms with van der Waals surface area (Å²) < 4.78 is 10.4. The van der Waals surface area contributed by atoms with Crippen molar-refractivity contribution in [3.05, 3.63) is 29.8 Å². The van der Waals surface area contributed by atoms with E-state index in [1.807, 2.05) is 45.0 Å². The van der Waals surface area contributed by atoms with Crippen molar-refractivity contribution >= 4 is 5.97 Å². The molecule has 0 bridgehead atoms. The van der Waals surface area contributed by atoms with Gasteiger partial charge in [0.2, 0.25) is 0 Å². The Balaban J connectivity index is 2.50. The Morgan fingerprint density at radius 2 is 1.76 bits per heavy atom. The molecule has 0 spiro atoms. The molecule has 0 aliphatic heterocycles. The molecule has 17 heavy (non-hydrogen) atoms. The Hall–Kier alpha value is -1.51. The lowest BCUT2D eigenvalue weighted by molar-refractivity contribution is -0.151. The first-order valence-corrected chi connectivity index (χ1v) is 5.86. The largest absolute Gasteiger partial charge is 0.497 e. The summed E-state index contributed by atoms with van der Waals surface area (Å²) >= 11 is 0. The highest BCUT2D eigenvalue weighted by molar-refractivity contribution is 5.71. The SMILES string of the molecule is COc1ccc(CC(C)OC(=O)C(C)C)cc1. The van der Waals surface area contributed by atoms with Gasteiger partial charge < -0.3 is 9.47 Å². The molecule has 1 atom stereocenters. The van der Waals surface area contributed by atoms with Gasteiger partial charge in [0, 0.05) is 6.42 Å². The van der Waals surface area contributed by atoms with E-state index in [1.165, 1.54) is 0 Å². The topological polar surface area (TPSA) is 35.5 Å². The molecule has 0 aliphatic rings. The smallest absolute Gasteiger partial charge is 0.308 e. The molecule has 3 nitrogen and oxygen atoms in total. The second-order valence-electron chi connectivity index (χ2n) is 4.45. The number of hydrogen-bond donors (Lipinski definition) is 0. The van der Waals surface area contributed by atoms with E-state index in [9.17, 15) is 4.79 Å². The van der Waals surface area contributed by atoms with Gasteiger partial charge in [0.15, 0.2) is 0 Å². The highest BCUT2D eigenvalue weighted by Crippen LogP contribution is 2.14. The van der Waals surface area contributed by atoms with Gasteiger partial charge in [-0.3, -0.25) is 4.79 Å². The van der Waals surface area contributed by atoms with Gasteiger partial charge in [-0.05, 0) is 24.6 Å². The van der Waals surface area contributed by atoms with Crippen LogP contribution in [0.3, 0.4) is 0 Å². The van der Waals surface area contributed by atoms with Crippen LogP contribution < -0.4 is 4.74 Å². The molecule has 0 aromatic heterocycles. The maximum Gasteiger partial charge on any atom is 0.308 e. The maximum absolute atomic E-state index is 11.4. The van der Waals surface area contributed by atoms with Crippen LogP contribution in [-0.2, 0) is 16.0 Å². The van der Waals surface area contributed by atoms with E-state index < -0.39 is 0 Å². The number of hydrogen-bond acceptors (Lipinski definition) is 3. The number of esters is 1. The van der Waals surface area contributed by atoms with Crippen LogP contribution in [0.1, 0.15) is 26.3 Å². The number of benzene rings is 1. The third kappa shape index (κ3) is 4.47. The zero-order valence-electron chi connectivity index (χ0n) is 10.9. The Morgan fingerprint density at radius 1 is 1.18 bits per heavy atom. The third-order valence-electron chi connectivity index (χ3n) is 2.47. The van der Waals surface area contributed by atoms with Crippen molar-refractivity contribution in [2.45, 2.75) is 33.3 Å². The summed E-state index contributed by atoms with van der Waals surface area (Å²) in [6.07, 6.45) is 0.626. The molecule has 0 radical (unpaired) electrons. The minimum absolute atomic E-state index is 0.0756. The number of methoxy groups -OCH3 is 1. The minimum atomic E-state index is -0.147. The molecule has 0 heterocycles. The molecule has 1 aromatic carbocycles. The summed E-state index contributed by atoms with van der Waals surface area (Å²) in [5.74, 6) is 0.611. The van der Waals surface area contributed by atoms with E-state index >= 15 is 0 Å². The van der Waals surface area contributed by atoms with Crippen LogP contribution in [0.25, 0.3) is 0 Å². The van der Waals surface area contributed by atoms with Gasteiger partial charge in [0.05, 0.1) is 13.0 Å². The van der Waals surface area contributed by atoms with Crippen molar-refractivity contribution in [3.63, 3.8) is 0 Å². The molecule has 0 fully saturated rings. The van der Waals surface area contributed by atoms with Crippen LogP contribution in [0, 0.1) is 5.92 Å². The number of ether oxygens (including phenoxy) is 2. The lowest BCUT2D eigenvalue weighted by Crippen LogP contribution is -2.20. The number of rotatable bonds is 5. The molecule has 94 valence electrons. The molecule has 0 aliphatic carbocycles. The van der Waals surface area contributed by atoms with E-state index in [-0.39, 0.29) is 18.0 Å². The molecule has 1 unspecified atom stereocenters. The van der Waals surface area contributed by atoms with Crippen molar-refractivity contribution in [1.29, 1.82) is 0 Å². The molecule has 0 amide bonds. The lowest BCUT2D eigenvalue weighted by Gasteiger charge is -2.15. The molecular weight excluding hydrogens is 216 g/mol. The highest BCUT2D eigenvalue weighted by Gasteiger charge is 2.13. The van der Waals surface area contributed by atoms with E-state index in [1.54, 1.807) is 7.11 Å². The molecule has 0 N–H and O–H groups in total. The van der Waals surface area contributed by atoms with Crippen LogP contribution >= 0.6 is 0 Å². The molecule has 0 saturated carbocycles. The molecule has 3 heteroatoms. The van der Waals surface area contributed by atoms with Crippen LogP contribution in [0.2, 0.25) is 0 Å². The van der Waals surface area contributed by atoms with Gasteiger partial charge in [0.1, 0.15) is 11.9 Å². The standard InChI is InChI=1S/C14H20O3/c1-10(2)14(15)17-11(3)9-12-5-7-13(16-4)8-6-12/h5-8,10-11H,9H2,1-4H3. The van der Waals surface area contributed by atoms with Crippen LogP contribution in [-0.4, -0.2) is 19.2 Å². The predicted octanol–water partition coefficient (Wildman–Crippen LogP) is 2.83. The van der Waals surface area contributed by atoms with Crippen LogP contribution in [0.15, 0.2) is 24.3 Å². The zero-order valence-corrected chi connectivity index (χ0v) is 10.9. The summed E-state index contributed by atoms with van der Waals surface area (Å²) in [6.45, 7) is 5.58. The van der Waals surface area contributed by atoms with Crippen molar-refractivity contribution in [1.82, 2.24) is 0 Å². The van der Waals surface area contributed by atoms with Gasteiger partial charge >= 0.3 is 5.97 Å². The average Bonchev–Trinajstić information content (AvgIpc) is 2.29. The maximum atomic E-state index is 11.4. The van der Waals surface area contributed by atoms with Crippen LogP contribution in [0.4, 0.5) is 0 Å². The average molecular weight is 236 g/mol. The van der Waals surface area contributed by atoms with Crippen molar-refractivity contribution < 1.29 is 14.3 Å². The molecule has 1 rings (SSSR count). The fraction of sp³-hybridized carbons (Fsp3) is 0.500. The Labute approximate surface area is 103 Å². The van der Waals surface area contributed by atoms with Crippen molar-refractivity contribution in [3.8, 4) is 5.75 Å². The molecule has 1 aromatic rings. The first-order chi connectivity index (χ1) is 8.02. The van der Waals surface area contributed by atoms with Crippen molar-refractivity contribution in [2.24, 2.45) is 5.92 Å². The highest BCUT2D eigenvalue weighted by atomic mass is 16.5. The summed E-state index contributed by atoms with van der Waals surface area (Å²) in [6, 6.07) is 7.79. The first-order valence-electron chi connectivity index (χ1n) is 5.86. The predicted molar refractivity (Wildman–Crippen MR) is 67.1 cm³/mol. The third-order valence-corrected chi connectivity index (χ3v) is 2.47. The second kappa shape index (κ2) is 6.28. The van der Waals surface area contributed by atoms with Gasteiger partial charge in [0.25, 0.3) is 0 Å². The van der Waals surface area contributed by atoms with E-state index in [2.05, 4.69) is 0 Å². The number of carbonyl (C=O) groups excluding carboxylic acids is 1. The van der Waals surface area contributed by atoms with Gasteiger partial charge in [-0.25, -0.2) is 0 Å². The minimum Gasteiger partial charge on any atom is -0.497 e. The van der Waals surface area contributed by atoms with E-state index in [4.69, 9.17) is 9.47 Å². The van der Waals surface area contributed by atoms with Gasteiger partial charge in [-0.15, -0.1) is 0 Å². The first kappa shape index (κ1) is 13.6. The summed E-state index contributed by atoms with van der Waals surface area (Å²) in [7, 11) is 1.64. The van der Waals surface area contributed by atoms with E-state index in [0.29, 0.717) is 0 Å². The summed E-state index contributed by atoms with van der Waals surface area (Å²) in [5.41, 5.74) is 1.13. The molecule has 0 saturated heterocycles. The summed E-state index contributed by atoms with van der Waals surface area (Å²) in [4.78, 5) is 11.4. The van der Waals surface area contributed by atoms with E-state index in [0.717, 1.165) is 17.7 Å². The number of carbonyl (C=O) groups is 1. The monoisotopic (exact) mass is 236 g/mol. The van der Waals surface area contributed by atoms with Gasteiger partial charge in [-0.2, -0.15) is 0 Å². The van der Waals surface area contributed by atoms with Crippen LogP contribution in [0.5, 0.6) is 5.75 Å². The fourth-order valence-corrected chi connectivity index (χ4v) is 1.47. The lowest BCUT2D eigenvalue weighted by atomic mass is 10.1. The Morgan fingerprint density at radius 3 is 2.24 bits per heavy atom. The zero-order chi connectivity index (χ0) is 12.8. The second-order valence-corrected chi connectivity index (χ2v) is 4.45. The van der Waals surface area contributed by atoms with Gasteiger partial charge in [-0.1, -0.05) is 26.0 Å². The fourth-order valence-electron chi connectivity index (χ4n) is 1.47. The molecular formula is C14H20O3. The van der Waals surface area contributed by atoms with Crippen molar-refractivity contribution in [2.75, 3.05) is 7.11 Å². The normalized spacial score (nSPS) is 12.3. The Kier molecular flexibility index (Phi) is 5.01.